The standard InChI is InChI=1S/C25H23FN2O4/c1-2-3-4-5-14-31-20-11-12-21(22(26)16-20)17-6-8-18(9-7-17)25-27-23-15-19(28(29)30)10-13-24(23)32-25/h6-13,15-16H,2-5,14H2,1H3. The van der Waals surface area contributed by atoms with E-state index in [1.807, 2.05) is 0 Å². The normalized spacial score (nSPS) is 11.1. The van der Waals surface area contributed by atoms with Gasteiger partial charge >= 0.3 is 0 Å². The van der Waals surface area contributed by atoms with E-state index in [0.717, 1.165) is 19.3 Å². The molecule has 0 amide bonds. The number of benzene rings is 3. The van der Waals surface area contributed by atoms with E-state index in [-0.39, 0.29) is 11.5 Å². The minimum atomic E-state index is -0.472. The lowest BCUT2D eigenvalue weighted by Crippen LogP contribution is -1.98. The fourth-order valence-corrected chi connectivity index (χ4v) is 3.48. The molecule has 0 bridgehead atoms. The smallest absolute Gasteiger partial charge is 0.271 e. The largest absolute Gasteiger partial charge is 0.493 e. The second-order valence-electron chi connectivity index (χ2n) is 7.56. The predicted molar refractivity (Wildman–Crippen MR) is 121 cm³/mol. The average molecular weight is 434 g/mol. The van der Waals surface area contributed by atoms with E-state index in [0.29, 0.717) is 46.0 Å². The highest BCUT2D eigenvalue weighted by Gasteiger charge is 2.14. The lowest BCUT2D eigenvalue weighted by molar-refractivity contribution is -0.384. The summed E-state index contributed by atoms with van der Waals surface area (Å²) in [6, 6.07) is 16.3. The highest BCUT2D eigenvalue weighted by atomic mass is 19.1. The number of hydrogen-bond donors (Lipinski definition) is 0. The van der Waals surface area contributed by atoms with Gasteiger partial charge in [0.1, 0.15) is 17.1 Å². The van der Waals surface area contributed by atoms with Crippen LogP contribution >= 0.6 is 0 Å². The van der Waals surface area contributed by atoms with Crippen LogP contribution in [0, 0.1) is 15.9 Å². The van der Waals surface area contributed by atoms with E-state index in [4.69, 9.17) is 9.15 Å². The molecule has 0 atom stereocenters. The van der Waals surface area contributed by atoms with Gasteiger partial charge in [-0.15, -0.1) is 0 Å². The van der Waals surface area contributed by atoms with Crippen molar-refractivity contribution in [2.75, 3.05) is 6.61 Å². The maximum absolute atomic E-state index is 14.7. The number of rotatable bonds is 9. The third kappa shape index (κ3) is 4.77. The van der Waals surface area contributed by atoms with Crippen molar-refractivity contribution < 1.29 is 18.5 Å². The van der Waals surface area contributed by atoms with Gasteiger partial charge in [0.25, 0.3) is 5.69 Å². The van der Waals surface area contributed by atoms with E-state index in [1.165, 1.54) is 30.7 Å². The zero-order valence-corrected chi connectivity index (χ0v) is 17.7. The van der Waals surface area contributed by atoms with Crippen molar-refractivity contribution >= 4 is 16.8 Å². The summed E-state index contributed by atoms with van der Waals surface area (Å²) in [5.74, 6) is 0.525. The lowest BCUT2D eigenvalue weighted by atomic mass is 10.0. The molecule has 0 aliphatic rings. The molecule has 4 aromatic rings. The van der Waals surface area contributed by atoms with Crippen LogP contribution in [0.25, 0.3) is 33.7 Å². The van der Waals surface area contributed by atoms with Gasteiger partial charge in [-0.3, -0.25) is 10.1 Å². The Balaban J connectivity index is 1.49. The Morgan fingerprint density at radius 2 is 1.78 bits per heavy atom. The zero-order chi connectivity index (χ0) is 22.5. The van der Waals surface area contributed by atoms with Gasteiger partial charge in [0.05, 0.1) is 11.5 Å². The minimum absolute atomic E-state index is 0.0449. The Hall–Kier alpha value is -3.74. The van der Waals surface area contributed by atoms with Crippen molar-refractivity contribution in [3.63, 3.8) is 0 Å². The first-order valence-electron chi connectivity index (χ1n) is 10.6. The van der Waals surface area contributed by atoms with E-state index in [9.17, 15) is 14.5 Å². The molecular formula is C25H23FN2O4. The number of fused-ring (bicyclic) bond motifs is 1. The van der Waals surface area contributed by atoms with Crippen LogP contribution < -0.4 is 4.74 Å². The molecule has 0 spiro atoms. The van der Waals surface area contributed by atoms with Crippen molar-refractivity contribution in [2.45, 2.75) is 32.6 Å². The number of halogens is 1. The molecule has 0 radical (unpaired) electrons. The van der Waals surface area contributed by atoms with Crippen LogP contribution in [0.4, 0.5) is 10.1 Å². The number of oxazole rings is 1. The Kier molecular flexibility index (Phi) is 6.44. The Bertz CT molecular complexity index is 1230. The molecule has 1 aromatic heterocycles. The molecule has 4 rings (SSSR count). The van der Waals surface area contributed by atoms with Gasteiger partial charge in [-0.25, -0.2) is 9.37 Å². The van der Waals surface area contributed by atoms with Crippen LogP contribution in [0.5, 0.6) is 5.75 Å². The molecule has 3 aromatic carbocycles. The van der Waals surface area contributed by atoms with Crippen LogP contribution in [0.1, 0.15) is 32.6 Å². The number of hydrogen-bond acceptors (Lipinski definition) is 5. The fraction of sp³-hybridized carbons (Fsp3) is 0.240. The molecule has 0 fully saturated rings. The number of ether oxygens (including phenoxy) is 1. The molecule has 0 N–H and O–H groups in total. The second-order valence-corrected chi connectivity index (χ2v) is 7.56. The van der Waals surface area contributed by atoms with Gasteiger partial charge in [0.2, 0.25) is 5.89 Å². The van der Waals surface area contributed by atoms with Crippen molar-refractivity contribution in [1.82, 2.24) is 4.98 Å². The summed E-state index contributed by atoms with van der Waals surface area (Å²) < 4.78 is 26.0. The first kappa shape index (κ1) is 21.5. The van der Waals surface area contributed by atoms with Gasteiger partial charge in [-0.05, 0) is 42.3 Å². The van der Waals surface area contributed by atoms with E-state index in [2.05, 4.69) is 11.9 Å². The van der Waals surface area contributed by atoms with Crippen molar-refractivity contribution in [3.05, 3.63) is 76.6 Å². The van der Waals surface area contributed by atoms with Gasteiger partial charge in [0.15, 0.2) is 5.58 Å². The number of nitro benzene ring substituents is 1. The summed E-state index contributed by atoms with van der Waals surface area (Å²) >= 11 is 0. The molecule has 1 heterocycles. The Morgan fingerprint density at radius 3 is 2.50 bits per heavy atom. The number of unbranched alkanes of at least 4 members (excludes halogenated alkanes) is 3. The first-order chi connectivity index (χ1) is 15.5. The van der Waals surface area contributed by atoms with Crippen LogP contribution in [-0.2, 0) is 0 Å². The van der Waals surface area contributed by atoms with Gasteiger partial charge in [-0.2, -0.15) is 0 Å². The highest BCUT2D eigenvalue weighted by molar-refractivity contribution is 5.79. The third-order valence-corrected chi connectivity index (χ3v) is 5.23. The summed E-state index contributed by atoms with van der Waals surface area (Å²) in [5, 5.41) is 10.9. The number of non-ortho nitro benzene ring substituents is 1. The summed E-state index contributed by atoms with van der Waals surface area (Å²) in [4.78, 5) is 14.8. The van der Waals surface area contributed by atoms with Crippen LogP contribution in [0.15, 0.2) is 65.1 Å². The zero-order valence-electron chi connectivity index (χ0n) is 17.7. The summed E-state index contributed by atoms with van der Waals surface area (Å²) in [7, 11) is 0. The summed E-state index contributed by atoms with van der Waals surface area (Å²) in [5.41, 5.74) is 2.72. The minimum Gasteiger partial charge on any atom is -0.493 e. The molecule has 6 nitrogen and oxygen atoms in total. The van der Waals surface area contributed by atoms with Crippen LogP contribution in [0.3, 0.4) is 0 Å². The molecule has 32 heavy (non-hydrogen) atoms. The molecule has 0 unspecified atom stereocenters. The summed E-state index contributed by atoms with van der Waals surface area (Å²) in [6.45, 7) is 2.74. The van der Waals surface area contributed by atoms with Crippen LogP contribution in [0.2, 0.25) is 0 Å². The van der Waals surface area contributed by atoms with Crippen LogP contribution in [-0.4, -0.2) is 16.5 Å². The SMILES string of the molecule is CCCCCCOc1ccc(-c2ccc(-c3nc4cc([N+](=O)[O-])ccc4o3)cc2)c(F)c1. The van der Waals surface area contributed by atoms with E-state index < -0.39 is 4.92 Å². The summed E-state index contributed by atoms with van der Waals surface area (Å²) in [6.07, 6.45) is 4.41. The molecule has 7 heteroatoms. The van der Waals surface area contributed by atoms with Crippen molar-refractivity contribution in [2.24, 2.45) is 0 Å². The predicted octanol–water partition coefficient (Wildman–Crippen LogP) is 7.17. The Morgan fingerprint density at radius 1 is 1.00 bits per heavy atom. The van der Waals surface area contributed by atoms with Gasteiger partial charge in [0, 0.05) is 29.3 Å². The van der Waals surface area contributed by atoms with Gasteiger partial charge in [-0.1, -0.05) is 38.3 Å². The molecule has 0 aliphatic heterocycles. The molecule has 0 saturated carbocycles. The first-order valence-corrected chi connectivity index (χ1v) is 10.6. The quantitative estimate of drug-likeness (QED) is 0.158. The van der Waals surface area contributed by atoms with E-state index >= 15 is 0 Å². The second kappa shape index (κ2) is 9.60. The monoisotopic (exact) mass is 434 g/mol. The molecular weight excluding hydrogens is 411 g/mol. The molecule has 0 saturated heterocycles. The van der Waals surface area contributed by atoms with Crippen molar-refractivity contribution in [3.8, 4) is 28.3 Å². The highest BCUT2D eigenvalue weighted by Crippen LogP contribution is 2.30. The third-order valence-electron chi connectivity index (χ3n) is 5.23. The number of nitrogens with zero attached hydrogens (tertiary/aromatic N) is 2. The van der Waals surface area contributed by atoms with Gasteiger partial charge < -0.3 is 9.15 Å². The van der Waals surface area contributed by atoms with E-state index in [1.54, 1.807) is 36.4 Å². The average Bonchev–Trinajstić information content (AvgIpc) is 3.23. The molecule has 0 aliphatic carbocycles. The van der Waals surface area contributed by atoms with Crippen molar-refractivity contribution in [1.29, 1.82) is 0 Å². The maximum Gasteiger partial charge on any atom is 0.271 e. The maximum atomic E-state index is 14.7. The number of aromatic nitrogens is 1. The number of nitro groups is 1. The topological polar surface area (TPSA) is 78.4 Å². The Labute approximate surface area is 184 Å². The molecule has 164 valence electrons. The lowest BCUT2D eigenvalue weighted by Gasteiger charge is -2.09. The fourth-order valence-electron chi connectivity index (χ4n) is 3.48.